The van der Waals surface area contributed by atoms with E-state index < -0.39 is 34.9 Å². The Morgan fingerprint density at radius 2 is 1.61 bits per heavy atom. The highest BCUT2D eigenvalue weighted by atomic mass is 19.4. The van der Waals surface area contributed by atoms with Crippen LogP contribution >= 0.6 is 0 Å². The van der Waals surface area contributed by atoms with Crippen molar-refractivity contribution in [1.82, 2.24) is 14.9 Å². The second kappa shape index (κ2) is 8.05. The van der Waals surface area contributed by atoms with Gasteiger partial charge in [0.2, 0.25) is 0 Å². The number of halogens is 6. The molecule has 2 aromatic carbocycles. The summed E-state index contributed by atoms with van der Waals surface area (Å²) in [6.45, 7) is 0.0196. The third-order valence-corrected chi connectivity index (χ3v) is 5.28. The molecule has 0 saturated carbocycles. The number of rotatable bonds is 2. The van der Waals surface area contributed by atoms with Crippen molar-refractivity contribution in [2.24, 2.45) is 0 Å². The van der Waals surface area contributed by atoms with Crippen molar-refractivity contribution in [1.29, 1.82) is 0 Å². The third-order valence-electron chi connectivity index (χ3n) is 5.28. The second-order valence-electron chi connectivity index (χ2n) is 7.47. The minimum atomic E-state index is -4.55. The van der Waals surface area contributed by atoms with Crippen LogP contribution in [0.1, 0.15) is 32.7 Å². The van der Waals surface area contributed by atoms with Crippen molar-refractivity contribution in [2.45, 2.75) is 25.3 Å². The molecule has 0 unspecified atom stereocenters. The zero-order valence-electron chi connectivity index (χ0n) is 16.7. The number of H-pyrrole nitrogens is 1. The fraction of sp³-hybridized carbons (Fsp3) is 0.227. The molecule has 1 amide bonds. The maximum atomic E-state index is 13.0. The summed E-state index contributed by atoms with van der Waals surface area (Å²) in [5.74, 6) is -0.567. The number of aromatic nitrogens is 2. The third kappa shape index (κ3) is 4.62. The highest BCUT2D eigenvalue weighted by Crippen LogP contribution is 2.32. The topological polar surface area (TPSA) is 66.1 Å². The lowest BCUT2D eigenvalue weighted by Gasteiger charge is -2.28. The van der Waals surface area contributed by atoms with Gasteiger partial charge in [-0.25, -0.2) is 4.98 Å². The number of carbonyl (C=O) groups is 1. The molecule has 0 spiro atoms. The summed E-state index contributed by atoms with van der Waals surface area (Å²) in [4.78, 5) is 33.4. The Bertz CT molecular complexity index is 1260. The molecule has 2 heterocycles. The zero-order chi connectivity index (χ0) is 24.0. The SMILES string of the molecule is O=C(c1ccc(C(F)(F)F)cc1)N1CCc2nc(-c3cccc(C(F)(F)F)c3)[nH]c(=O)c2C1. The number of hydrogen-bond acceptors (Lipinski definition) is 3. The van der Waals surface area contributed by atoms with Gasteiger partial charge in [0.05, 0.1) is 28.9 Å². The number of carbonyl (C=O) groups excluding carboxylic acids is 1. The Balaban J connectivity index is 1.58. The van der Waals surface area contributed by atoms with E-state index in [9.17, 15) is 35.9 Å². The second-order valence-corrected chi connectivity index (χ2v) is 7.47. The van der Waals surface area contributed by atoms with Crippen molar-refractivity contribution in [2.75, 3.05) is 6.54 Å². The van der Waals surface area contributed by atoms with E-state index in [2.05, 4.69) is 9.97 Å². The summed E-state index contributed by atoms with van der Waals surface area (Å²) < 4.78 is 77.1. The molecule has 1 N–H and O–H groups in total. The monoisotopic (exact) mass is 467 g/mol. The zero-order valence-corrected chi connectivity index (χ0v) is 16.7. The van der Waals surface area contributed by atoms with Gasteiger partial charge < -0.3 is 9.88 Å². The molecule has 1 aliphatic heterocycles. The van der Waals surface area contributed by atoms with Crippen LogP contribution in [0.2, 0.25) is 0 Å². The normalized spacial score (nSPS) is 14.2. The summed E-state index contributed by atoms with van der Waals surface area (Å²) in [5, 5.41) is 0. The minimum absolute atomic E-state index is 0.0210. The number of alkyl halides is 6. The molecule has 0 aliphatic carbocycles. The Hall–Kier alpha value is -3.63. The molecule has 172 valence electrons. The van der Waals surface area contributed by atoms with Crippen molar-refractivity contribution in [3.05, 3.63) is 86.8 Å². The van der Waals surface area contributed by atoms with Crippen LogP contribution in [-0.4, -0.2) is 27.3 Å². The lowest BCUT2D eigenvalue weighted by molar-refractivity contribution is -0.138. The van der Waals surface area contributed by atoms with E-state index in [0.29, 0.717) is 5.69 Å². The maximum absolute atomic E-state index is 13.0. The first-order valence-electron chi connectivity index (χ1n) is 9.70. The van der Waals surface area contributed by atoms with E-state index in [1.54, 1.807) is 0 Å². The van der Waals surface area contributed by atoms with Gasteiger partial charge in [0, 0.05) is 24.1 Å². The van der Waals surface area contributed by atoms with Crippen molar-refractivity contribution >= 4 is 5.91 Å². The van der Waals surface area contributed by atoms with Crippen LogP contribution in [0.5, 0.6) is 0 Å². The molecule has 0 saturated heterocycles. The predicted molar refractivity (Wildman–Crippen MR) is 105 cm³/mol. The quantitative estimate of drug-likeness (QED) is 0.557. The number of fused-ring (bicyclic) bond motifs is 1. The molecule has 3 aromatic rings. The fourth-order valence-electron chi connectivity index (χ4n) is 3.56. The highest BCUT2D eigenvalue weighted by Gasteiger charge is 2.32. The van der Waals surface area contributed by atoms with Crippen molar-refractivity contribution in [3.63, 3.8) is 0 Å². The molecule has 0 fully saturated rings. The van der Waals surface area contributed by atoms with Gasteiger partial charge in [-0.2, -0.15) is 26.3 Å². The Kier molecular flexibility index (Phi) is 5.51. The molecule has 1 aliphatic rings. The fourth-order valence-corrected chi connectivity index (χ4v) is 3.56. The summed E-state index contributed by atoms with van der Waals surface area (Å²) >= 11 is 0. The van der Waals surface area contributed by atoms with Gasteiger partial charge in [-0.15, -0.1) is 0 Å². The highest BCUT2D eigenvalue weighted by molar-refractivity contribution is 5.94. The van der Waals surface area contributed by atoms with E-state index in [1.807, 2.05) is 0 Å². The average molecular weight is 467 g/mol. The van der Waals surface area contributed by atoms with E-state index in [-0.39, 0.29) is 42.0 Å². The summed E-state index contributed by atoms with van der Waals surface area (Å²) in [6, 6.07) is 8.14. The standard InChI is InChI=1S/C22H15F6N3O2/c23-21(24,25)14-6-4-12(5-7-14)20(33)31-9-8-17-16(11-31)19(32)30-18(29-17)13-2-1-3-15(10-13)22(26,27)28/h1-7,10H,8-9,11H2,(H,29,30,32). The molecule has 0 atom stereocenters. The van der Waals surface area contributed by atoms with Gasteiger partial charge >= 0.3 is 12.4 Å². The smallest absolute Gasteiger partial charge is 0.334 e. The molecule has 0 bridgehead atoms. The first kappa shape index (κ1) is 22.6. The van der Waals surface area contributed by atoms with Crippen LogP contribution in [0.3, 0.4) is 0 Å². The van der Waals surface area contributed by atoms with Gasteiger partial charge in [-0.3, -0.25) is 9.59 Å². The van der Waals surface area contributed by atoms with E-state index >= 15 is 0 Å². The van der Waals surface area contributed by atoms with Crippen LogP contribution in [-0.2, 0) is 25.3 Å². The number of hydrogen-bond donors (Lipinski definition) is 1. The van der Waals surface area contributed by atoms with Gasteiger partial charge in [-0.05, 0) is 36.4 Å². The molecular weight excluding hydrogens is 452 g/mol. The maximum Gasteiger partial charge on any atom is 0.416 e. The van der Waals surface area contributed by atoms with Crippen LogP contribution in [0.25, 0.3) is 11.4 Å². The van der Waals surface area contributed by atoms with Crippen LogP contribution in [0, 0.1) is 0 Å². The van der Waals surface area contributed by atoms with Gasteiger partial charge in [-0.1, -0.05) is 12.1 Å². The number of nitrogens with one attached hydrogen (secondary N) is 1. The van der Waals surface area contributed by atoms with E-state index in [1.165, 1.54) is 17.0 Å². The number of amides is 1. The van der Waals surface area contributed by atoms with Crippen LogP contribution < -0.4 is 5.56 Å². The number of benzene rings is 2. The largest absolute Gasteiger partial charge is 0.416 e. The Morgan fingerprint density at radius 3 is 2.24 bits per heavy atom. The molecular formula is C22H15F6N3O2. The minimum Gasteiger partial charge on any atom is -0.334 e. The molecule has 33 heavy (non-hydrogen) atoms. The lowest BCUT2D eigenvalue weighted by Crippen LogP contribution is -2.39. The molecule has 4 rings (SSSR count). The molecule has 5 nitrogen and oxygen atoms in total. The first-order valence-corrected chi connectivity index (χ1v) is 9.70. The van der Waals surface area contributed by atoms with Crippen LogP contribution in [0.15, 0.2) is 53.3 Å². The summed E-state index contributed by atoms with van der Waals surface area (Å²) in [5.41, 5.74) is -1.71. The lowest BCUT2D eigenvalue weighted by atomic mass is 10.0. The number of aromatic amines is 1. The first-order chi connectivity index (χ1) is 15.4. The summed E-state index contributed by atoms with van der Waals surface area (Å²) in [7, 11) is 0. The molecule has 0 radical (unpaired) electrons. The summed E-state index contributed by atoms with van der Waals surface area (Å²) in [6.07, 6.45) is -8.91. The van der Waals surface area contributed by atoms with Gasteiger partial charge in [0.25, 0.3) is 11.5 Å². The van der Waals surface area contributed by atoms with E-state index in [0.717, 1.165) is 36.4 Å². The Labute approximate surface area is 182 Å². The number of nitrogens with zero attached hydrogens (tertiary/aromatic N) is 2. The molecule has 1 aromatic heterocycles. The Morgan fingerprint density at radius 1 is 0.939 bits per heavy atom. The van der Waals surface area contributed by atoms with Gasteiger partial charge in [0.15, 0.2) is 0 Å². The van der Waals surface area contributed by atoms with E-state index in [4.69, 9.17) is 0 Å². The predicted octanol–water partition coefficient (Wildman–Crippen LogP) is 4.67. The van der Waals surface area contributed by atoms with Crippen molar-refractivity contribution in [3.8, 4) is 11.4 Å². The van der Waals surface area contributed by atoms with Gasteiger partial charge in [0.1, 0.15) is 5.82 Å². The van der Waals surface area contributed by atoms with Crippen LogP contribution in [0.4, 0.5) is 26.3 Å². The molecule has 11 heteroatoms. The van der Waals surface area contributed by atoms with Crippen molar-refractivity contribution < 1.29 is 31.1 Å². The average Bonchev–Trinajstić information content (AvgIpc) is 2.77.